The van der Waals surface area contributed by atoms with E-state index in [4.69, 9.17) is 0 Å². The van der Waals surface area contributed by atoms with Crippen LogP contribution in [0.1, 0.15) is 11.3 Å². The van der Waals surface area contributed by atoms with Gasteiger partial charge >= 0.3 is 0 Å². The van der Waals surface area contributed by atoms with Gasteiger partial charge in [-0.05, 0) is 36.7 Å². The number of fused-ring (bicyclic) bond motifs is 1. The Hall–Kier alpha value is -1.46. The van der Waals surface area contributed by atoms with E-state index in [-0.39, 0.29) is 0 Å². The molecule has 0 saturated carbocycles. The van der Waals surface area contributed by atoms with Crippen molar-refractivity contribution in [3.63, 3.8) is 0 Å². The fourth-order valence-corrected chi connectivity index (χ4v) is 2.39. The Bertz CT molecular complexity index is 571. The molecule has 92 valence electrons. The molecule has 2 heterocycles. The molecule has 1 aromatic carbocycles. The van der Waals surface area contributed by atoms with Crippen LogP contribution in [0.2, 0.25) is 0 Å². The van der Waals surface area contributed by atoms with Crippen LogP contribution >= 0.6 is 15.9 Å². The number of nitrogens with zero attached hydrogens (tertiary/aromatic N) is 2. The fourth-order valence-electron chi connectivity index (χ4n) is 1.99. The standard InChI is InChI=1S/C13H13BrN4/c14-10-2-1-3-11(6-10)17-13-16-7-9-4-5-15-8-12(9)18-13/h1-3,6-7,15H,4-5,8H2,(H,16,17,18). The number of rotatable bonds is 2. The third kappa shape index (κ3) is 2.52. The van der Waals surface area contributed by atoms with Crippen LogP contribution < -0.4 is 10.6 Å². The monoisotopic (exact) mass is 304 g/mol. The largest absolute Gasteiger partial charge is 0.324 e. The molecule has 4 nitrogen and oxygen atoms in total. The Balaban J connectivity index is 1.85. The molecule has 1 aliphatic heterocycles. The molecule has 0 radical (unpaired) electrons. The van der Waals surface area contributed by atoms with Crippen LogP contribution in [0, 0.1) is 0 Å². The van der Waals surface area contributed by atoms with Crippen molar-refractivity contribution in [1.29, 1.82) is 0 Å². The maximum absolute atomic E-state index is 4.54. The third-order valence-corrected chi connectivity index (χ3v) is 3.39. The Morgan fingerprint density at radius 3 is 3.17 bits per heavy atom. The number of aromatic nitrogens is 2. The Morgan fingerprint density at radius 1 is 1.33 bits per heavy atom. The van der Waals surface area contributed by atoms with E-state index in [0.717, 1.165) is 35.4 Å². The van der Waals surface area contributed by atoms with E-state index in [9.17, 15) is 0 Å². The van der Waals surface area contributed by atoms with Crippen molar-refractivity contribution >= 4 is 27.6 Å². The summed E-state index contributed by atoms with van der Waals surface area (Å²) in [5, 5.41) is 6.53. The molecule has 18 heavy (non-hydrogen) atoms. The van der Waals surface area contributed by atoms with Gasteiger partial charge in [0.05, 0.1) is 5.69 Å². The zero-order valence-corrected chi connectivity index (χ0v) is 11.4. The van der Waals surface area contributed by atoms with Gasteiger partial charge in [0.15, 0.2) is 0 Å². The number of nitrogens with one attached hydrogen (secondary N) is 2. The lowest BCUT2D eigenvalue weighted by Crippen LogP contribution is -2.25. The molecule has 0 fully saturated rings. The molecule has 1 aliphatic rings. The highest BCUT2D eigenvalue weighted by molar-refractivity contribution is 9.10. The smallest absolute Gasteiger partial charge is 0.227 e. The van der Waals surface area contributed by atoms with Crippen molar-refractivity contribution in [2.45, 2.75) is 13.0 Å². The van der Waals surface area contributed by atoms with E-state index in [1.54, 1.807) is 0 Å². The minimum Gasteiger partial charge on any atom is -0.324 e. The highest BCUT2D eigenvalue weighted by atomic mass is 79.9. The number of hydrogen-bond acceptors (Lipinski definition) is 4. The Morgan fingerprint density at radius 2 is 2.28 bits per heavy atom. The molecular formula is C13H13BrN4. The summed E-state index contributed by atoms with van der Waals surface area (Å²) in [6.07, 6.45) is 2.93. The minimum atomic E-state index is 0.649. The zero-order chi connectivity index (χ0) is 12.4. The van der Waals surface area contributed by atoms with Crippen molar-refractivity contribution in [3.05, 3.63) is 46.2 Å². The molecule has 0 aliphatic carbocycles. The van der Waals surface area contributed by atoms with Gasteiger partial charge in [0, 0.05) is 22.9 Å². The number of anilines is 2. The molecule has 1 aromatic heterocycles. The van der Waals surface area contributed by atoms with Gasteiger partial charge in [-0.3, -0.25) is 0 Å². The summed E-state index contributed by atoms with van der Waals surface area (Å²) in [6.45, 7) is 1.83. The lowest BCUT2D eigenvalue weighted by Gasteiger charge is -2.16. The quantitative estimate of drug-likeness (QED) is 0.895. The third-order valence-electron chi connectivity index (χ3n) is 2.90. The van der Waals surface area contributed by atoms with Crippen molar-refractivity contribution in [2.24, 2.45) is 0 Å². The molecule has 3 rings (SSSR count). The minimum absolute atomic E-state index is 0.649. The van der Waals surface area contributed by atoms with Gasteiger partial charge in [-0.2, -0.15) is 0 Å². The van der Waals surface area contributed by atoms with E-state index in [2.05, 4.69) is 36.5 Å². The van der Waals surface area contributed by atoms with Crippen molar-refractivity contribution in [3.8, 4) is 0 Å². The lowest BCUT2D eigenvalue weighted by molar-refractivity contribution is 0.624. The number of hydrogen-bond donors (Lipinski definition) is 2. The molecule has 0 saturated heterocycles. The van der Waals surface area contributed by atoms with E-state index in [1.807, 2.05) is 30.5 Å². The van der Waals surface area contributed by atoms with Gasteiger partial charge in [-0.25, -0.2) is 9.97 Å². The molecule has 0 unspecified atom stereocenters. The summed E-state index contributed by atoms with van der Waals surface area (Å²) in [5.74, 6) is 0.649. The average Bonchev–Trinajstić information content (AvgIpc) is 2.39. The molecule has 0 atom stereocenters. The van der Waals surface area contributed by atoms with E-state index >= 15 is 0 Å². The van der Waals surface area contributed by atoms with Crippen LogP contribution in [0.3, 0.4) is 0 Å². The van der Waals surface area contributed by atoms with Gasteiger partial charge in [0.25, 0.3) is 0 Å². The Kier molecular flexibility index (Phi) is 3.25. The van der Waals surface area contributed by atoms with Crippen LogP contribution in [-0.2, 0) is 13.0 Å². The summed E-state index contributed by atoms with van der Waals surface area (Å²) >= 11 is 3.44. The fraction of sp³-hybridized carbons (Fsp3) is 0.231. The van der Waals surface area contributed by atoms with Crippen LogP contribution in [0.4, 0.5) is 11.6 Å². The van der Waals surface area contributed by atoms with Gasteiger partial charge in [-0.15, -0.1) is 0 Å². The first-order valence-corrected chi connectivity index (χ1v) is 6.69. The molecule has 0 spiro atoms. The van der Waals surface area contributed by atoms with Gasteiger partial charge in [0.2, 0.25) is 5.95 Å². The Labute approximate surface area is 114 Å². The van der Waals surface area contributed by atoms with Gasteiger partial charge in [0.1, 0.15) is 0 Å². The highest BCUT2D eigenvalue weighted by Crippen LogP contribution is 2.19. The molecule has 2 N–H and O–H groups in total. The van der Waals surface area contributed by atoms with Crippen LogP contribution in [0.15, 0.2) is 34.9 Å². The number of halogens is 1. The van der Waals surface area contributed by atoms with Crippen LogP contribution in [0.25, 0.3) is 0 Å². The number of benzene rings is 1. The van der Waals surface area contributed by atoms with E-state index in [0.29, 0.717) is 5.95 Å². The summed E-state index contributed by atoms with van der Waals surface area (Å²) in [4.78, 5) is 8.89. The molecular weight excluding hydrogens is 292 g/mol. The first-order valence-electron chi connectivity index (χ1n) is 5.89. The average molecular weight is 305 g/mol. The second kappa shape index (κ2) is 5.04. The molecule has 5 heteroatoms. The summed E-state index contributed by atoms with van der Waals surface area (Å²) in [6, 6.07) is 7.96. The second-order valence-corrected chi connectivity index (χ2v) is 5.14. The van der Waals surface area contributed by atoms with E-state index in [1.165, 1.54) is 5.56 Å². The highest BCUT2D eigenvalue weighted by Gasteiger charge is 2.11. The maximum atomic E-state index is 4.54. The van der Waals surface area contributed by atoms with E-state index < -0.39 is 0 Å². The molecule has 0 amide bonds. The van der Waals surface area contributed by atoms with Crippen molar-refractivity contribution < 1.29 is 0 Å². The van der Waals surface area contributed by atoms with Crippen LogP contribution in [-0.4, -0.2) is 16.5 Å². The summed E-state index contributed by atoms with van der Waals surface area (Å²) in [5.41, 5.74) is 3.32. The van der Waals surface area contributed by atoms with Crippen LogP contribution in [0.5, 0.6) is 0 Å². The summed E-state index contributed by atoms with van der Waals surface area (Å²) < 4.78 is 1.03. The zero-order valence-electron chi connectivity index (χ0n) is 9.78. The second-order valence-electron chi connectivity index (χ2n) is 4.23. The van der Waals surface area contributed by atoms with Crippen molar-refractivity contribution in [1.82, 2.24) is 15.3 Å². The normalized spacial score (nSPS) is 14.1. The lowest BCUT2D eigenvalue weighted by atomic mass is 10.1. The first-order chi connectivity index (χ1) is 8.81. The SMILES string of the molecule is Brc1cccc(Nc2ncc3c(n2)CNCC3)c1. The van der Waals surface area contributed by atoms with Gasteiger partial charge < -0.3 is 10.6 Å². The maximum Gasteiger partial charge on any atom is 0.227 e. The summed E-state index contributed by atoms with van der Waals surface area (Å²) in [7, 11) is 0. The van der Waals surface area contributed by atoms with Gasteiger partial charge in [-0.1, -0.05) is 22.0 Å². The first kappa shape index (κ1) is 11.6. The molecule has 2 aromatic rings. The topological polar surface area (TPSA) is 49.8 Å². The predicted octanol–water partition coefficient (Wildman–Crippen LogP) is 2.63. The van der Waals surface area contributed by atoms with Crippen molar-refractivity contribution in [2.75, 3.05) is 11.9 Å². The predicted molar refractivity (Wildman–Crippen MR) is 74.9 cm³/mol. The molecule has 0 bridgehead atoms.